The van der Waals surface area contributed by atoms with Crippen LogP contribution in [0.5, 0.6) is 0 Å². The minimum absolute atomic E-state index is 0.0226. The van der Waals surface area contributed by atoms with Crippen LogP contribution in [0.25, 0.3) is 0 Å². The third-order valence-corrected chi connectivity index (χ3v) is 4.65. The Balaban J connectivity index is 1.73. The van der Waals surface area contributed by atoms with Gasteiger partial charge in [-0.25, -0.2) is 0 Å². The van der Waals surface area contributed by atoms with Crippen LogP contribution in [0.15, 0.2) is 4.99 Å². The number of hydrogen-bond donors (Lipinski definition) is 2. The lowest BCUT2D eigenvalue weighted by Crippen LogP contribution is -2.48. The van der Waals surface area contributed by atoms with Gasteiger partial charge < -0.3 is 10.6 Å². The van der Waals surface area contributed by atoms with Gasteiger partial charge in [0, 0.05) is 38.8 Å². The average molecular weight is 335 g/mol. The van der Waals surface area contributed by atoms with E-state index in [9.17, 15) is 13.2 Å². The number of nitrogens with zero attached hydrogens (tertiary/aromatic N) is 3. The molecule has 2 aliphatic heterocycles. The molecule has 0 amide bonds. The van der Waals surface area contributed by atoms with Crippen LogP contribution in [0.2, 0.25) is 0 Å². The highest BCUT2D eigenvalue weighted by Gasteiger charge is 2.34. The molecule has 2 heterocycles. The van der Waals surface area contributed by atoms with E-state index < -0.39 is 12.7 Å². The number of aliphatic imine (C=N–C) groups is 1. The first-order valence-corrected chi connectivity index (χ1v) is 8.41. The molecule has 2 N–H and O–H groups in total. The molecule has 2 atom stereocenters. The van der Waals surface area contributed by atoms with Gasteiger partial charge in [0.2, 0.25) is 0 Å². The van der Waals surface area contributed by atoms with E-state index in [-0.39, 0.29) is 6.04 Å². The summed E-state index contributed by atoms with van der Waals surface area (Å²) in [6, 6.07) is 0.540. The van der Waals surface area contributed by atoms with Crippen molar-refractivity contribution in [1.29, 1.82) is 0 Å². The zero-order valence-corrected chi connectivity index (χ0v) is 14.0. The molecule has 0 aliphatic carbocycles. The first-order chi connectivity index (χ1) is 10.9. The maximum atomic E-state index is 12.4. The van der Waals surface area contributed by atoms with Crippen LogP contribution in [0, 0.1) is 0 Å². The van der Waals surface area contributed by atoms with Gasteiger partial charge in [-0.2, -0.15) is 13.2 Å². The number of likely N-dealkylation sites (tertiary alicyclic amines) is 2. The highest BCUT2D eigenvalue weighted by molar-refractivity contribution is 5.80. The molecule has 134 valence electrons. The van der Waals surface area contributed by atoms with Crippen LogP contribution in [0.4, 0.5) is 13.2 Å². The number of guanidine groups is 1. The molecule has 8 heteroatoms. The molecule has 0 saturated carbocycles. The minimum Gasteiger partial charge on any atom is -0.355 e. The van der Waals surface area contributed by atoms with Crippen LogP contribution < -0.4 is 10.6 Å². The van der Waals surface area contributed by atoms with Gasteiger partial charge in [0.15, 0.2) is 5.96 Å². The van der Waals surface area contributed by atoms with Gasteiger partial charge in [-0.1, -0.05) is 6.92 Å². The van der Waals surface area contributed by atoms with E-state index >= 15 is 0 Å². The molecule has 2 saturated heterocycles. The lowest BCUT2D eigenvalue weighted by Gasteiger charge is -2.25. The molecule has 2 rings (SSSR count). The molecule has 0 spiro atoms. The second kappa shape index (κ2) is 8.19. The normalized spacial score (nSPS) is 27.6. The zero-order chi connectivity index (χ0) is 16.9. The highest BCUT2D eigenvalue weighted by Crippen LogP contribution is 2.20. The van der Waals surface area contributed by atoms with E-state index in [2.05, 4.69) is 27.4 Å². The summed E-state index contributed by atoms with van der Waals surface area (Å²) in [7, 11) is 1.70. The van der Waals surface area contributed by atoms with Gasteiger partial charge in [0.25, 0.3) is 0 Å². The Morgan fingerprint density at radius 3 is 2.70 bits per heavy atom. The second-order valence-corrected chi connectivity index (χ2v) is 6.36. The van der Waals surface area contributed by atoms with Crippen molar-refractivity contribution in [2.24, 2.45) is 4.99 Å². The van der Waals surface area contributed by atoms with Gasteiger partial charge in [-0.05, 0) is 32.4 Å². The maximum absolute atomic E-state index is 12.4. The quantitative estimate of drug-likeness (QED) is 0.587. The van der Waals surface area contributed by atoms with E-state index in [1.54, 1.807) is 7.05 Å². The Bertz CT molecular complexity index is 399. The summed E-state index contributed by atoms with van der Waals surface area (Å²) in [4.78, 5) is 8.09. The van der Waals surface area contributed by atoms with Gasteiger partial charge in [0.05, 0.1) is 6.54 Å². The molecule has 5 nitrogen and oxygen atoms in total. The number of rotatable bonds is 5. The van der Waals surface area contributed by atoms with Gasteiger partial charge >= 0.3 is 6.18 Å². The number of halogens is 3. The first-order valence-electron chi connectivity index (χ1n) is 8.41. The minimum atomic E-state index is -4.12. The first kappa shape index (κ1) is 18.3. The van der Waals surface area contributed by atoms with E-state index in [0.29, 0.717) is 31.5 Å². The Hall–Kier alpha value is -1.02. The lowest BCUT2D eigenvalue weighted by atomic mass is 10.2. The van der Waals surface area contributed by atoms with Crippen molar-refractivity contribution in [3.63, 3.8) is 0 Å². The number of nitrogens with one attached hydrogen (secondary N) is 2. The lowest BCUT2D eigenvalue weighted by molar-refractivity contribution is -0.143. The van der Waals surface area contributed by atoms with Crippen LogP contribution >= 0.6 is 0 Å². The van der Waals surface area contributed by atoms with Gasteiger partial charge in [-0.15, -0.1) is 0 Å². The summed E-state index contributed by atoms with van der Waals surface area (Å²) in [5.41, 5.74) is 0. The molecule has 0 aromatic heterocycles. The van der Waals surface area contributed by atoms with Crippen LogP contribution in [0.1, 0.15) is 26.2 Å². The third-order valence-electron chi connectivity index (χ3n) is 4.65. The SMILES string of the molecule is CCN1CCCC1CNC(=NC)NC1CCN(CC(F)(F)F)C1. The van der Waals surface area contributed by atoms with Crippen LogP contribution in [0.3, 0.4) is 0 Å². The van der Waals surface area contributed by atoms with Crippen LogP contribution in [-0.4, -0.2) is 80.3 Å². The predicted molar refractivity (Wildman–Crippen MR) is 85.7 cm³/mol. The van der Waals surface area contributed by atoms with Crippen molar-refractivity contribution in [1.82, 2.24) is 20.4 Å². The molecule has 0 aromatic carbocycles. The summed E-state index contributed by atoms with van der Waals surface area (Å²) in [5.74, 6) is 0.687. The molecule has 0 aromatic rings. The topological polar surface area (TPSA) is 42.9 Å². The molecule has 0 bridgehead atoms. The Morgan fingerprint density at radius 2 is 2.04 bits per heavy atom. The maximum Gasteiger partial charge on any atom is 0.401 e. The summed E-state index contributed by atoms with van der Waals surface area (Å²) in [6.45, 7) is 5.23. The van der Waals surface area contributed by atoms with Crippen molar-refractivity contribution in [3.05, 3.63) is 0 Å². The van der Waals surface area contributed by atoms with E-state index in [1.807, 2.05) is 0 Å². The van der Waals surface area contributed by atoms with Gasteiger partial charge in [0.1, 0.15) is 0 Å². The zero-order valence-electron chi connectivity index (χ0n) is 14.0. The fourth-order valence-corrected chi connectivity index (χ4v) is 3.49. The second-order valence-electron chi connectivity index (χ2n) is 6.36. The summed E-state index contributed by atoms with van der Waals surface area (Å²) < 4.78 is 37.3. The van der Waals surface area contributed by atoms with Crippen molar-refractivity contribution in [2.45, 2.75) is 44.4 Å². The molecule has 23 heavy (non-hydrogen) atoms. The van der Waals surface area contributed by atoms with Gasteiger partial charge in [-0.3, -0.25) is 14.8 Å². The number of alkyl halides is 3. The van der Waals surface area contributed by atoms with Crippen molar-refractivity contribution >= 4 is 5.96 Å². The standard InChI is InChI=1S/C15H28F3N5/c1-3-23-7-4-5-13(23)9-20-14(19-2)21-12-6-8-22(10-12)11-15(16,17)18/h12-13H,3-11H2,1-2H3,(H2,19,20,21). The number of likely N-dealkylation sites (N-methyl/N-ethyl adjacent to an activating group) is 1. The molecular formula is C15H28F3N5. The van der Waals surface area contributed by atoms with Crippen molar-refractivity contribution in [3.8, 4) is 0 Å². The largest absolute Gasteiger partial charge is 0.401 e. The van der Waals surface area contributed by atoms with Crippen LogP contribution in [-0.2, 0) is 0 Å². The Morgan fingerprint density at radius 1 is 1.26 bits per heavy atom. The van der Waals surface area contributed by atoms with E-state index in [1.165, 1.54) is 17.7 Å². The highest BCUT2D eigenvalue weighted by atomic mass is 19.4. The van der Waals surface area contributed by atoms with E-state index in [4.69, 9.17) is 0 Å². The van der Waals surface area contributed by atoms with Crippen molar-refractivity contribution in [2.75, 3.05) is 46.3 Å². The number of hydrogen-bond acceptors (Lipinski definition) is 3. The predicted octanol–water partition coefficient (Wildman–Crippen LogP) is 1.27. The third kappa shape index (κ3) is 5.84. The summed E-state index contributed by atoms with van der Waals surface area (Å²) >= 11 is 0. The molecule has 2 fully saturated rings. The summed E-state index contributed by atoms with van der Waals surface area (Å²) in [5, 5.41) is 6.57. The smallest absolute Gasteiger partial charge is 0.355 e. The fraction of sp³-hybridized carbons (Fsp3) is 0.933. The Kier molecular flexibility index (Phi) is 6.52. The molecule has 0 radical (unpaired) electrons. The Labute approximate surface area is 136 Å². The average Bonchev–Trinajstić information content (AvgIpc) is 3.10. The fourth-order valence-electron chi connectivity index (χ4n) is 3.49. The molecule has 2 aliphatic rings. The summed E-state index contributed by atoms with van der Waals surface area (Å²) in [6.07, 6.45) is -1.01. The van der Waals surface area contributed by atoms with E-state index in [0.717, 1.165) is 19.6 Å². The van der Waals surface area contributed by atoms with Crippen molar-refractivity contribution < 1.29 is 13.2 Å². The molecule has 2 unspecified atom stereocenters. The molecular weight excluding hydrogens is 307 g/mol. The monoisotopic (exact) mass is 335 g/mol.